The Morgan fingerprint density at radius 3 is 1.89 bits per heavy atom. The summed E-state index contributed by atoms with van der Waals surface area (Å²) in [4.78, 5) is 1.15. The molecule has 272 valence electrons. The van der Waals surface area contributed by atoms with Crippen LogP contribution >= 0.6 is 0 Å². The Kier molecular flexibility index (Phi) is 16.0. The Morgan fingerprint density at radius 2 is 1.31 bits per heavy atom. The van der Waals surface area contributed by atoms with E-state index >= 15 is 0 Å². The van der Waals surface area contributed by atoms with Crippen LogP contribution in [0.1, 0.15) is 41.7 Å². The zero-order valence-electron chi connectivity index (χ0n) is 30.6. The van der Waals surface area contributed by atoms with Gasteiger partial charge in [0.1, 0.15) is 26.8 Å². The molecule has 0 aliphatic heterocycles. The summed E-state index contributed by atoms with van der Waals surface area (Å²) >= 11 is 0. The van der Waals surface area contributed by atoms with Gasteiger partial charge in [-0.05, 0) is 103 Å². The van der Waals surface area contributed by atoms with E-state index in [4.69, 9.17) is 0 Å². The normalized spacial score (nSPS) is 12.9. The van der Waals surface area contributed by atoms with Crippen LogP contribution in [0.4, 0.5) is 5.69 Å². The van der Waals surface area contributed by atoms with Crippen LogP contribution in [-0.4, -0.2) is 62.3 Å². The Hall–Kier alpha value is -2.70. The van der Waals surface area contributed by atoms with Gasteiger partial charge in [-0.1, -0.05) is 48.5 Å². The molecule has 5 rings (SSSR count). The maximum atomic E-state index is 12.5. The summed E-state index contributed by atoms with van der Waals surface area (Å²) in [7, 11) is -13.9. The predicted molar refractivity (Wildman–Crippen MR) is 197 cm³/mol. The van der Waals surface area contributed by atoms with Crippen LogP contribution in [0.5, 0.6) is 0 Å². The van der Waals surface area contributed by atoms with E-state index in [0.29, 0.717) is 54.0 Å². The molecule has 1 aliphatic carbocycles. The van der Waals surface area contributed by atoms with Gasteiger partial charge in [0.05, 0.1) is 14.7 Å². The minimum Gasteiger partial charge on any atom is -0.744 e. The summed E-state index contributed by atoms with van der Waals surface area (Å²) in [6, 6.07) is 23.6. The van der Waals surface area contributed by atoms with Gasteiger partial charge in [0, 0.05) is 42.1 Å². The van der Waals surface area contributed by atoms with E-state index < -0.39 is 30.4 Å². The van der Waals surface area contributed by atoms with Gasteiger partial charge in [-0.2, -0.15) is 8.42 Å². The first kappa shape index (κ1) is 45.7. The third kappa shape index (κ3) is 11.2. The molecule has 16 heteroatoms. The van der Waals surface area contributed by atoms with Crippen molar-refractivity contribution in [1.29, 1.82) is 0 Å². The van der Waals surface area contributed by atoms with Crippen molar-refractivity contribution in [2.45, 2.75) is 48.5 Å². The van der Waals surface area contributed by atoms with Crippen LogP contribution in [-0.2, 0) is 43.4 Å². The Morgan fingerprint density at radius 1 is 0.704 bits per heavy atom. The molecule has 4 aromatic carbocycles. The quantitative estimate of drug-likeness (QED) is 0.114. The van der Waals surface area contributed by atoms with Crippen LogP contribution in [0.3, 0.4) is 0 Å². The molecule has 0 fully saturated rings. The SMILES string of the molecule is CCN(Cc1cccc(S(=O)(=O)O)c1)c1ccc(C(=C2C=CC(=[N+](CC)Cc3cccc(S(=O)(=O)[O-])c3)C=C2)c2ccccc2S(=O)(=O)[O-])c(C)c1.[Na+].[Na+]. The fraction of sp³-hybridized carbons (Fsp3) is 0.184. The van der Waals surface area contributed by atoms with Crippen LogP contribution in [0, 0.1) is 6.92 Å². The molecule has 0 heterocycles. The van der Waals surface area contributed by atoms with E-state index in [-0.39, 0.29) is 79.4 Å². The van der Waals surface area contributed by atoms with E-state index in [2.05, 4.69) is 0 Å². The molecule has 11 nitrogen and oxygen atoms in total. The Labute approximate surface area is 361 Å². The van der Waals surface area contributed by atoms with Gasteiger partial charge in [-0.25, -0.2) is 21.4 Å². The molecule has 0 amide bonds. The van der Waals surface area contributed by atoms with Gasteiger partial charge in [0.25, 0.3) is 10.1 Å². The standard InChI is InChI=1S/C38H38N2O9S3.2Na/c1-4-39(25-28-10-8-12-33(23-28)50(41,42)43)31-18-16-30(17-19-31)38(36-14-6-7-15-37(36)52(47,48)49)35-21-20-32(22-27(35)3)40(5-2)26-29-11-9-13-34(24-29)51(44,45)46;;/h6-24H,4-5,25-26H2,1-3H3,(H2-,41,42,43,44,45,46,47,48,49);;/q;2*+1/p-1. The molecule has 0 bridgehead atoms. The monoisotopic (exact) mass is 807 g/mol. The zero-order chi connectivity index (χ0) is 37.8. The molecule has 0 atom stereocenters. The molecule has 0 aromatic heterocycles. The third-order valence-electron chi connectivity index (χ3n) is 8.69. The average Bonchev–Trinajstić information content (AvgIpc) is 3.10. The number of benzene rings is 4. The topological polar surface area (TPSA) is 175 Å². The number of nitrogens with zero attached hydrogens (tertiary/aromatic N) is 2. The van der Waals surface area contributed by atoms with Crippen LogP contribution < -0.4 is 64.0 Å². The fourth-order valence-electron chi connectivity index (χ4n) is 6.13. The molecule has 0 saturated heterocycles. The largest absolute Gasteiger partial charge is 1.00 e. The van der Waals surface area contributed by atoms with Gasteiger partial charge in [-0.15, -0.1) is 0 Å². The minimum atomic E-state index is -4.87. The molecule has 4 aromatic rings. The number of hydrogen-bond acceptors (Lipinski definition) is 9. The summed E-state index contributed by atoms with van der Waals surface area (Å²) in [5.41, 5.74) is 5.76. The molecule has 0 radical (unpaired) electrons. The predicted octanol–water partition coefficient (Wildman–Crippen LogP) is -0.314. The molecule has 0 spiro atoms. The second-order valence-corrected chi connectivity index (χ2v) is 16.3. The van der Waals surface area contributed by atoms with E-state index in [1.165, 1.54) is 42.5 Å². The third-order valence-corrected chi connectivity index (χ3v) is 11.3. The van der Waals surface area contributed by atoms with Gasteiger partial charge < -0.3 is 14.0 Å². The van der Waals surface area contributed by atoms with E-state index in [0.717, 1.165) is 17.0 Å². The van der Waals surface area contributed by atoms with Crippen molar-refractivity contribution >= 4 is 47.3 Å². The zero-order valence-corrected chi connectivity index (χ0v) is 37.1. The van der Waals surface area contributed by atoms with Gasteiger partial charge in [0.15, 0.2) is 12.3 Å². The first-order valence-electron chi connectivity index (χ1n) is 16.2. The number of rotatable bonds is 12. The van der Waals surface area contributed by atoms with E-state index in [1.807, 2.05) is 72.7 Å². The molecule has 1 N–H and O–H groups in total. The Bertz CT molecular complexity index is 2480. The van der Waals surface area contributed by atoms with E-state index in [9.17, 15) is 38.9 Å². The van der Waals surface area contributed by atoms with Crippen molar-refractivity contribution in [3.63, 3.8) is 0 Å². The van der Waals surface area contributed by atoms with Crippen LogP contribution in [0.25, 0.3) is 5.57 Å². The first-order valence-corrected chi connectivity index (χ1v) is 20.5. The second kappa shape index (κ2) is 19.0. The first-order chi connectivity index (χ1) is 24.5. The summed E-state index contributed by atoms with van der Waals surface area (Å²) in [6.07, 6.45) is 7.36. The number of allylic oxidation sites excluding steroid dienone is 5. The summed E-state index contributed by atoms with van der Waals surface area (Å²) in [6.45, 7) is 7.55. The van der Waals surface area contributed by atoms with Crippen molar-refractivity contribution in [2.24, 2.45) is 0 Å². The minimum absolute atomic E-state index is 0. The van der Waals surface area contributed by atoms with Gasteiger partial charge in [-0.3, -0.25) is 4.55 Å². The number of hydrogen-bond donors (Lipinski definition) is 1. The van der Waals surface area contributed by atoms with Gasteiger partial charge in [0.2, 0.25) is 0 Å². The second-order valence-electron chi connectivity index (χ2n) is 12.1. The number of anilines is 1. The maximum Gasteiger partial charge on any atom is 1.00 e. The van der Waals surface area contributed by atoms with E-state index in [1.54, 1.807) is 30.3 Å². The molecule has 54 heavy (non-hydrogen) atoms. The molecule has 1 aliphatic rings. The fourth-order valence-corrected chi connectivity index (χ4v) is 7.90. The van der Waals surface area contributed by atoms with Crippen molar-refractivity contribution in [1.82, 2.24) is 0 Å². The summed E-state index contributed by atoms with van der Waals surface area (Å²) in [5, 5.41) is 0. The molecule has 0 saturated carbocycles. The van der Waals surface area contributed by atoms with Crippen molar-refractivity contribution in [2.75, 3.05) is 18.0 Å². The van der Waals surface area contributed by atoms with Crippen molar-refractivity contribution < 1.29 is 103 Å². The summed E-state index contributed by atoms with van der Waals surface area (Å²) < 4.78 is 107. The average molecular weight is 808 g/mol. The van der Waals surface area contributed by atoms with Crippen LogP contribution in [0.2, 0.25) is 0 Å². The summed E-state index contributed by atoms with van der Waals surface area (Å²) in [5.74, 6) is 0. The Balaban J connectivity index is 0.00000392. The maximum absolute atomic E-state index is 12.5. The van der Waals surface area contributed by atoms with Crippen molar-refractivity contribution in [3.8, 4) is 0 Å². The number of aryl methyl sites for hydroxylation is 1. The molecular formula is C38H37N2Na2O9S3+. The molecule has 0 unspecified atom stereocenters. The van der Waals surface area contributed by atoms with Gasteiger partial charge >= 0.3 is 59.1 Å². The molecular weight excluding hydrogens is 771 g/mol. The van der Waals surface area contributed by atoms with Crippen LogP contribution in [0.15, 0.2) is 136 Å². The smallest absolute Gasteiger partial charge is 0.744 e. The van der Waals surface area contributed by atoms with Crippen molar-refractivity contribution in [3.05, 3.63) is 149 Å².